The highest BCUT2D eigenvalue weighted by molar-refractivity contribution is 7.89. The van der Waals surface area contributed by atoms with E-state index < -0.39 is 10.0 Å². The Labute approximate surface area is 146 Å². The monoisotopic (exact) mass is 363 g/mol. The summed E-state index contributed by atoms with van der Waals surface area (Å²) in [6.07, 6.45) is 3.30. The number of hydrogen-bond donors (Lipinski definition) is 1. The van der Waals surface area contributed by atoms with E-state index in [0.29, 0.717) is 18.0 Å². The summed E-state index contributed by atoms with van der Waals surface area (Å²) in [7, 11) is -3.46. The predicted molar refractivity (Wildman–Crippen MR) is 95.6 cm³/mol. The molecule has 2 aliphatic rings. The van der Waals surface area contributed by atoms with Crippen LogP contribution in [0, 0.1) is 6.92 Å². The van der Waals surface area contributed by atoms with Gasteiger partial charge in [-0.1, -0.05) is 18.6 Å². The first-order valence-electron chi connectivity index (χ1n) is 8.31. The van der Waals surface area contributed by atoms with Gasteiger partial charge in [0.1, 0.15) is 5.01 Å². The molecule has 128 valence electrons. The summed E-state index contributed by atoms with van der Waals surface area (Å²) in [4.78, 5) is 4.83. The van der Waals surface area contributed by atoms with Gasteiger partial charge in [0.2, 0.25) is 10.0 Å². The van der Waals surface area contributed by atoms with Crippen LogP contribution in [0.25, 0.3) is 10.6 Å². The molecule has 2 saturated heterocycles. The maximum absolute atomic E-state index is 13.1. The first-order chi connectivity index (χ1) is 11.5. The van der Waals surface area contributed by atoms with Gasteiger partial charge < -0.3 is 5.32 Å². The van der Waals surface area contributed by atoms with E-state index in [2.05, 4.69) is 10.3 Å². The van der Waals surface area contributed by atoms with Gasteiger partial charge in [-0.15, -0.1) is 11.3 Å². The number of sulfonamides is 1. The smallest absolute Gasteiger partial charge is 0.243 e. The first-order valence-corrected chi connectivity index (χ1v) is 10.6. The number of rotatable bonds is 3. The Kier molecular flexibility index (Phi) is 4.20. The molecule has 0 aliphatic carbocycles. The molecule has 1 aromatic carbocycles. The Morgan fingerprint density at radius 2 is 2.00 bits per heavy atom. The average molecular weight is 364 g/mol. The third kappa shape index (κ3) is 3.01. The van der Waals surface area contributed by atoms with Gasteiger partial charge >= 0.3 is 0 Å². The molecule has 0 amide bonds. The van der Waals surface area contributed by atoms with E-state index in [4.69, 9.17) is 0 Å². The minimum Gasteiger partial charge on any atom is -0.309 e. The van der Waals surface area contributed by atoms with Crippen molar-refractivity contribution >= 4 is 21.4 Å². The van der Waals surface area contributed by atoms with Gasteiger partial charge in [0, 0.05) is 41.8 Å². The molecule has 0 spiro atoms. The second kappa shape index (κ2) is 6.22. The van der Waals surface area contributed by atoms with E-state index >= 15 is 0 Å². The molecular formula is C17H21N3O2S2. The number of aromatic nitrogens is 1. The fraction of sp³-hybridized carbons (Fsp3) is 0.471. The summed E-state index contributed by atoms with van der Waals surface area (Å²) in [6, 6.07) is 7.75. The SMILES string of the molecule is Cc1csc(-c2cccc(S(=O)(=O)N3CC4CCCC(C3)N4)c2)n1. The Balaban J connectivity index is 1.65. The van der Waals surface area contributed by atoms with Gasteiger partial charge in [-0.3, -0.25) is 0 Å². The Morgan fingerprint density at radius 1 is 1.25 bits per heavy atom. The molecule has 5 nitrogen and oxygen atoms in total. The lowest BCUT2D eigenvalue weighted by Gasteiger charge is -2.41. The second-order valence-corrected chi connectivity index (χ2v) is 9.43. The summed E-state index contributed by atoms with van der Waals surface area (Å²) in [5.74, 6) is 0. The summed E-state index contributed by atoms with van der Waals surface area (Å²) < 4.78 is 27.8. The Bertz CT molecular complexity index is 835. The number of fused-ring (bicyclic) bond motifs is 2. The molecular weight excluding hydrogens is 342 g/mol. The quantitative estimate of drug-likeness (QED) is 0.911. The third-order valence-electron chi connectivity index (χ3n) is 4.76. The largest absolute Gasteiger partial charge is 0.309 e. The molecule has 2 bridgehead atoms. The van der Waals surface area contributed by atoms with Gasteiger partial charge in [-0.2, -0.15) is 4.31 Å². The first kappa shape index (κ1) is 16.2. The molecule has 4 rings (SSSR count). The minimum absolute atomic E-state index is 0.289. The lowest BCUT2D eigenvalue weighted by atomic mass is 9.96. The van der Waals surface area contributed by atoms with Crippen molar-refractivity contribution < 1.29 is 8.42 Å². The normalized spacial score (nSPS) is 24.9. The van der Waals surface area contributed by atoms with Crippen molar-refractivity contribution in [2.75, 3.05) is 13.1 Å². The Morgan fingerprint density at radius 3 is 2.67 bits per heavy atom. The van der Waals surface area contributed by atoms with Crippen molar-refractivity contribution in [3.8, 4) is 10.6 Å². The molecule has 2 aliphatic heterocycles. The molecule has 2 unspecified atom stereocenters. The Hall–Kier alpha value is -1.28. The maximum Gasteiger partial charge on any atom is 0.243 e. The molecule has 1 aromatic heterocycles. The summed E-state index contributed by atoms with van der Waals surface area (Å²) >= 11 is 1.54. The van der Waals surface area contributed by atoms with Crippen molar-refractivity contribution in [2.45, 2.75) is 43.2 Å². The van der Waals surface area contributed by atoms with Crippen LogP contribution in [0.1, 0.15) is 25.0 Å². The van der Waals surface area contributed by atoms with Crippen LogP contribution in [-0.4, -0.2) is 42.9 Å². The fourth-order valence-electron chi connectivity index (χ4n) is 3.59. The van der Waals surface area contributed by atoms with Crippen molar-refractivity contribution in [2.24, 2.45) is 0 Å². The highest BCUT2D eigenvalue weighted by atomic mass is 32.2. The second-order valence-electron chi connectivity index (χ2n) is 6.64. The van der Waals surface area contributed by atoms with E-state index in [9.17, 15) is 8.42 Å². The molecule has 3 heterocycles. The van der Waals surface area contributed by atoms with Crippen LogP contribution in [0.3, 0.4) is 0 Å². The van der Waals surface area contributed by atoms with Gasteiger partial charge in [0.25, 0.3) is 0 Å². The van der Waals surface area contributed by atoms with E-state index in [0.717, 1.165) is 29.1 Å². The van der Waals surface area contributed by atoms with Crippen molar-refractivity contribution in [3.63, 3.8) is 0 Å². The van der Waals surface area contributed by atoms with Crippen LogP contribution in [0.2, 0.25) is 0 Å². The zero-order valence-electron chi connectivity index (χ0n) is 13.6. The standard InChI is InChI=1S/C17H21N3O2S2/c1-12-11-23-17(18-12)13-4-2-7-16(8-13)24(21,22)20-9-14-5-3-6-15(10-20)19-14/h2,4,7-8,11,14-15,19H,3,5-6,9-10H2,1H3. The number of hydrogen-bond acceptors (Lipinski definition) is 5. The molecule has 2 fully saturated rings. The average Bonchev–Trinajstić information content (AvgIpc) is 3.01. The molecule has 0 radical (unpaired) electrons. The molecule has 7 heteroatoms. The summed E-state index contributed by atoms with van der Waals surface area (Å²) in [6.45, 7) is 3.08. The lowest BCUT2D eigenvalue weighted by Crippen LogP contribution is -2.59. The highest BCUT2D eigenvalue weighted by Gasteiger charge is 2.36. The number of piperidine rings is 1. The van der Waals surface area contributed by atoms with E-state index in [1.54, 1.807) is 27.8 Å². The summed E-state index contributed by atoms with van der Waals surface area (Å²) in [5, 5.41) is 6.37. The molecule has 1 N–H and O–H groups in total. The minimum atomic E-state index is -3.46. The van der Waals surface area contributed by atoms with Crippen LogP contribution in [-0.2, 0) is 10.0 Å². The lowest BCUT2D eigenvalue weighted by molar-refractivity contribution is 0.190. The highest BCUT2D eigenvalue weighted by Crippen LogP contribution is 2.29. The fourth-order valence-corrected chi connectivity index (χ4v) is 5.96. The van der Waals surface area contributed by atoms with Crippen molar-refractivity contribution in [3.05, 3.63) is 35.3 Å². The number of piperazine rings is 1. The van der Waals surface area contributed by atoms with Gasteiger partial charge in [-0.05, 0) is 31.9 Å². The van der Waals surface area contributed by atoms with Crippen LogP contribution >= 0.6 is 11.3 Å². The van der Waals surface area contributed by atoms with E-state index in [-0.39, 0.29) is 12.1 Å². The third-order valence-corrected chi connectivity index (χ3v) is 7.60. The summed E-state index contributed by atoms with van der Waals surface area (Å²) in [5.41, 5.74) is 1.82. The number of benzene rings is 1. The van der Waals surface area contributed by atoms with Crippen LogP contribution in [0.15, 0.2) is 34.5 Å². The number of nitrogens with zero attached hydrogens (tertiary/aromatic N) is 2. The number of aryl methyl sites for hydroxylation is 1. The molecule has 0 saturated carbocycles. The number of thiazole rings is 1. The van der Waals surface area contributed by atoms with Crippen LogP contribution in [0.4, 0.5) is 0 Å². The predicted octanol–water partition coefficient (Wildman–Crippen LogP) is 2.63. The topological polar surface area (TPSA) is 62.3 Å². The van der Waals surface area contributed by atoms with Crippen LogP contribution < -0.4 is 5.32 Å². The maximum atomic E-state index is 13.1. The van der Waals surface area contributed by atoms with Gasteiger partial charge in [-0.25, -0.2) is 13.4 Å². The molecule has 2 aromatic rings. The van der Waals surface area contributed by atoms with Gasteiger partial charge in [0.15, 0.2) is 0 Å². The van der Waals surface area contributed by atoms with Gasteiger partial charge in [0.05, 0.1) is 4.90 Å². The molecule has 24 heavy (non-hydrogen) atoms. The zero-order chi connectivity index (χ0) is 16.7. The van der Waals surface area contributed by atoms with E-state index in [1.165, 1.54) is 6.42 Å². The molecule has 2 atom stereocenters. The van der Waals surface area contributed by atoms with Crippen molar-refractivity contribution in [1.29, 1.82) is 0 Å². The van der Waals surface area contributed by atoms with Crippen molar-refractivity contribution in [1.82, 2.24) is 14.6 Å². The number of nitrogens with one attached hydrogen (secondary N) is 1. The zero-order valence-corrected chi connectivity index (χ0v) is 15.2. The van der Waals surface area contributed by atoms with Crippen LogP contribution in [0.5, 0.6) is 0 Å². The van der Waals surface area contributed by atoms with E-state index in [1.807, 2.05) is 24.4 Å².